The maximum absolute atomic E-state index is 14.0. The van der Waals surface area contributed by atoms with Crippen molar-refractivity contribution < 1.29 is 22.7 Å². The Morgan fingerprint density at radius 2 is 1.81 bits per heavy atom. The van der Waals surface area contributed by atoms with Gasteiger partial charge in [0.05, 0.1) is 28.8 Å². The molecule has 2 N–H and O–H groups in total. The first kappa shape index (κ1) is 25.2. The topological polar surface area (TPSA) is 105 Å². The summed E-state index contributed by atoms with van der Waals surface area (Å²) < 4.78 is 34.7. The molecule has 1 aliphatic heterocycles. The molecular formula is C27H29N3O5S. The Kier molecular flexibility index (Phi) is 7.03. The van der Waals surface area contributed by atoms with Crippen LogP contribution in [0.2, 0.25) is 0 Å². The van der Waals surface area contributed by atoms with Crippen molar-refractivity contribution in [2.75, 3.05) is 14.9 Å². The first-order chi connectivity index (χ1) is 17.1. The van der Waals surface area contributed by atoms with Crippen LogP contribution in [0.15, 0.2) is 71.6 Å². The van der Waals surface area contributed by atoms with E-state index in [9.17, 15) is 18.0 Å². The second-order valence-corrected chi connectivity index (χ2v) is 10.8. The lowest BCUT2D eigenvalue weighted by Gasteiger charge is -2.37. The van der Waals surface area contributed by atoms with Gasteiger partial charge in [-0.25, -0.2) is 8.42 Å². The molecule has 4 rings (SSSR count). The molecule has 1 atom stereocenters. The number of aryl methyl sites for hydroxylation is 2. The van der Waals surface area contributed by atoms with E-state index < -0.39 is 27.9 Å². The van der Waals surface area contributed by atoms with Gasteiger partial charge in [-0.05, 0) is 69.2 Å². The van der Waals surface area contributed by atoms with Crippen molar-refractivity contribution >= 4 is 38.9 Å². The monoisotopic (exact) mass is 507 g/mol. The first-order valence-electron chi connectivity index (χ1n) is 11.6. The minimum Gasteiger partial charge on any atom is -0.491 e. The summed E-state index contributed by atoms with van der Waals surface area (Å²) in [6.07, 6.45) is -0.412. The van der Waals surface area contributed by atoms with Gasteiger partial charge < -0.3 is 15.4 Å². The maximum Gasteiger partial charge on any atom is 0.265 e. The summed E-state index contributed by atoms with van der Waals surface area (Å²) in [5, 5.41) is 5.50. The predicted molar refractivity (Wildman–Crippen MR) is 140 cm³/mol. The second-order valence-electron chi connectivity index (χ2n) is 9.04. The summed E-state index contributed by atoms with van der Waals surface area (Å²) in [7, 11) is -4.18. The van der Waals surface area contributed by atoms with Crippen LogP contribution in [0.5, 0.6) is 5.75 Å². The number of para-hydroxylation sites is 2. The number of rotatable bonds is 7. The van der Waals surface area contributed by atoms with Gasteiger partial charge in [-0.1, -0.05) is 30.3 Å². The van der Waals surface area contributed by atoms with Crippen LogP contribution in [0, 0.1) is 13.8 Å². The first-order valence-corrected chi connectivity index (χ1v) is 13.1. The van der Waals surface area contributed by atoms with E-state index in [1.807, 2.05) is 19.9 Å². The Morgan fingerprint density at radius 3 is 2.56 bits per heavy atom. The summed E-state index contributed by atoms with van der Waals surface area (Å²) in [5.41, 5.74) is 2.48. The molecule has 2 amide bonds. The largest absolute Gasteiger partial charge is 0.491 e. The molecule has 0 aliphatic carbocycles. The number of amides is 2. The van der Waals surface area contributed by atoms with Crippen LogP contribution >= 0.6 is 0 Å². The van der Waals surface area contributed by atoms with Crippen LogP contribution < -0.4 is 19.7 Å². The van der Waals surface area contributed by atoms with Gasteiger partial charge in [0.2, 0.25) is 11.8 Å². The molecule has 0 bridgehead atoms. The third-order valence-corrected chi connectivity index (χ3v) is 7.70. The lowest BCUT2D eigenvalue weighted by atomic mass is 10.1. The van der Waals surface area contributed by atoms with Crippen LogP contribution in [-0.2, 0) is 19.6 Å². The second kappa shape index (κ2) is 10.0. The fourth-order valence-electron chi connectivity index (χ4n) is 4.13. The van der Waals surface area contributed by atoms with E-state index in [1.54, 1.807) is 74.5 Å². The number of nitrogens with zero attached hydrogens (tertiary/aromatic N) is 1. The number of nitrogens with one attached hydrogen (secondary N) is 2. The fraction of sp³-hybridized carbons (Fsp3) is 0.259. The molecule has 3 aromatic rings. The van der Waals surface area contributed by atoms with Gasteiger partial charge in [0.25, 0.3) is 10.0 Å². The van der Waals surface area contributed by atoms with Gasteiger partial charge in [-0.3, -0.25) is 13.9 Å². The molecule has 188 valence electrons. The fourth-order valence-corrected chi connectivity index (χ4v) is 6.08. The van der Waals surface area contributed by atoms with Crippen molar-refractivity contribution in [3.63, 3.8) is 0 Å². The maximum atomic E-state index is 14.0. The number of anilines is 3. The molecule has 36 heavy (non-hydrogen) atoms. The van der Waals surface area contributed by atoms with Crippen molar-refractivity contribution in [1.82, 2.24) is 0 Å². The number of benzene rings is 3. The smallest absolute Gasteiger partial charge is 0.265 e. The van der Waals surface area contributed by atoms with Crippen molar-refractivity contribution in [2.24, 2.45) is 0 Å². The van der Waals surface area contributed by atoms with E-state index in [-0.39, 0.29) is 17.4 Å². The van der Waals surface area contributed by atoms with Crippen LogP contribution in [0.25, 0.3) is 0 Å². The standard InChI is InChI=1S/C27H29N3O5S/c1-17(2)35-21-9-7-8-20(15-21)28-26(31)16-24-27(32)29-22-10-5-6-11-23(22)30(24)36(33,34)25-14-18(3)12-13-19(25)4/h5-15,17,24H,16H2,1-4H3,(H,28,31)(H,29,32). The predicted octanol–water partition coefficient (Wildman–Crippen LogP) is 4.64. The van der Waals surface area contributed by atoms with Gasteiger partial charge in [0.1, 0.15) is 11.8 Å². The molecule has 0 spiro atoms. The average molecular weight is 508 g/mol. The molecule has 0 saturated heterocycles. The highest BCUT2D eigenvalue weighted by atomic mass is 32.2. The molecule has 0 fully saturated rings. The molecule has 1 unspecified atom stereocenters. The van der Waals surface area contributed by atoms with E-state index in [2.05, 4.69) is 10.6 Å². The van der Waals surface area contributed by atoms with E-state index in [4.69, 9.17) is 4.74 Å². The minimum atomic E-state index is -4.18. The van der Waals surface area contributed by atoms with Crippen molar-refractivity contribution in [3.8, 4) is 5.75 Å². The van der Waals surface area contributed by atoms with E-state index >= 15 is 0 Å². The van der Waals surface area contributed by atoms with Crippen molar-refractivity contribution in [1.29, 1.82) is 0 Å². The Balaban J connectivity index is 1.69. The lowest BCUT2D eigenvalue weighted by molar-refractivity contribution is -0.122. The number of hydrogen-bond acceptors (Lipinski definition) is 5. The summed E-state index contributed by atoms with van der Waals surface area (Å²) >= 11 is 0. The molecule has 0 radical (unpaired) electrons. The Bertz CT molecular complexity index is 1420. The molecule has 9 heteroatoms. The molecular weight excluding hydrogens is 478 g/mol. The average Bonchev–Trinajstić information content (AvgIpc) is 2.80. The number of hydrogen-bond donors (Lipinski definition) is 2. The number of carbonyl (C=O) groups excluding carboxylic acids is 2. The molecule has 8 nitrogen and oxygen atoms in total. The summed E-state index contributed by atoms with van der Waals surface area (Å²) in [6.45, 7) is 7.30. The van der Waals surface area contributed by atoms with Gasteiger partial charge in [-0.15, -0.1) is 0 Å². The number of sulfonamides is 1. The highest BCUT2D eigenvalue weighted by Gasteiger charge is 2.42. The molecule has 1 aliphatic rings. The zero-order chi connectivity index (χ0) is 26.0. The summed E-state index contributed by atoms with van der Waals surface area (Å²) in [5.74, 6) is -0.488. The third-order valence-electron chi connectivity index (χ3n) is 5.73. The van der Waals surface area contributed by atoms with Crippen molar-refractivity contribution in [2.45, 2.75) is 51.2 Å². The zero-order valence-corrected chi connectivity index (χ0v) is 21.4. The van der Waals surface area contributed by atoms with Gasteiger partial charge in [0, 0.05) is 11.8 Å². The number of ether oxygens (including phenoxy) is 1. The molecule has 0 saturated carbocycles. The molecule has 1 heterocycles. The van der Waals surface area contributed by atoms with Crippen LogP contribution in [0.1, 0.15) is 31.4 Å². The normalized spacial score (nSPS) is 15.3. The SMILES string of the molecule is Cc1ccc(C)c(S(=O)(=O)N2c3ccccc3NC(=O)C2CC(=O)Nc2cccc(OC(C)C)c2)c1. The lowest BCUT2D eigenvalue weighted by Crippen LogP contribution is -2.52. The third kappa shape index (κ3) is 5.21. The van der Waals surface area contributed by atoms with Gasteiger partial charge >= 0.3 is 0 Å². The van der Waals surface area contributed by atoms with Crippen LogP contribution in [0.4, 0.5) is 17.1 Å². The number of fused-ring (bicyclic) bond motifs is 1. The number of carbonyl (C=O) groups is 2. The van der Waals surface area contributed by atoms with Crippen LogP contribution in [0.3, 0.4) is 0 Å². The van der Waals surface area contributed by atoms with E-state index in [0.717, 1.165) is 9.87 Å². The van der Waals surface area contributed by atoms with E-state index in [1.165, 1.54) is 0 Å². The minimum absolute atomic E-state index is 0.0363. The summed E-state index contributed by atoms with van der Waals surface area (Å²) in [4.78, 5) is 26.3. The Hall–Kier alpha value is -3.85. The summed E-state index contributed by atoms with van der Waals surface area (Å²) in [6, 6.07) is 17.4. The molecule has 0 aromatic heterocycles. The Morgan fingerprint density at radius 1 is 1.06 bits per heavy atom. The Labute approximate surface area is 211 Å². The highest BCUT2D eigenvalue weighted by molar-refractivity contribution is 7.93. The van der Waals surface area contributed by atoms with Crippen molar-refractivity contribution in [3.05, 3.63) is 77.9 Å². The van der Waals surface area contributed by atoms with Gasteiger partial charge in [-0.2, -0.15) is 0 Å². The van der Waals surface area contributed by atoms with Gasteiger partial charge in [0.15, 0.2) is 0 Å². The zero-order valence-electron chi connectivity index (χ0n) is 20.6. The quantitative estimate of drug-likeness (QED) is 0.485. The van der Waals surface area contributed by atoms with E-state index in [0.29, 0.717) is 28.4 Å². The highest BCUT2D eigenvalue weighted by Crippen LogP contribution is 2.38. The molecule has 3 aromatic carbocycles. The van der Waals surface area contributed by atoms with Crippen LogP contribution in [-0.4, -0.2) is 32.4 Å².